The Bertz CT molecular complexity index is 1000. The number of aromatic nitrogens is 1. The topological polar surface area (TPSA) is 3.88 Å². The predicted molar refractivity (Wildman–Crippen MR) is 168 cm³/mol. The number of hydrogen-bond acceptors (Lipinski definition) is 0. The van der Waals surface area contributed by atoms with E-state index in [2.05, 4.69) is 97.9 Å². The van der Waals surface area contributed by atoms with Crippen molar-refractivity contribution in [1.82, 2.24) is 0 Å². The molecule has 4 rings (SSSR count). The van der Waals surface area contributed by atoms with Crippen molar-refractivity contribution in [3.05, 3.63) is 122 Å². The van der Waals surface area contributed by atoms with Crippen LogP contribution in [0.3, 0.4) is 0 Å². The molecule has 38 heavy (non-hydrogen) atoms. The van der Waals surface area contributed by atoms with Crippen molar-refractivity contribution in [1.29, 1.82) is 0 Å². The molecule has 2 heteroatoms. The average molecular weight is 506 g/mol. The van der Waals surface area contributed by atoms with E-state index in [1.807, 2.05) is 42.2 Å². The van der Waals surface area contributed by atoms with E-state index in [0.717, 1.165) is 0 Å². The van der Waals surface area contributed by atoms with Gasteiger partial charge in [-0.3, -0.25) is 0 Å². The molecule has 3 aromatic carbocycles. The minimum atomic E-state index is -0.950. The van der Waals surface area contributed by atoms with E-state index in [0.29, 0.717) is 0 Å². The fraction of sp³-hybridized carbons (Fsp3) is 0.361. The fourth-order valence-electron chi connectivity index (χ4n) is 5.84. The zero-order valence-electron chi connectivity index (χ0n) is 23.8. The number of pyridine rings is 1. The first kappa shape index (κ1) is 29.4. The maximum Gasteiger partial charge on any atom is 0.168 e. The molecule has 200 valence electrons. The summed E-state index contributed by atoms with van der Waals surface area (Å²) >= 11 is 0. The molecular formula is C36H48BN. The summed E-state index contributed by atoms with van der Waals surface area (Å²) in [5, 5.41) is 0. The molecule has 4 aromatic rings. The standard InChI is InChI=1S/C30H40B.C6H8N/c1-2-3-4-5-6-7-8-9-10-20-27-31(28-21-14-11-15-22-28,29-23-16-12-17-24-29)30-25-18-13-19-26-30;1-7-5-3-2-4-6-7/h11-19,21-26H,2-10,20,27H2,1H3;2-6H,1H3/q-1;+1. The van der Waals surface area contributed by atoms with Gasteiger partial charge in [0.25, 0.3) is 0 Å². The van der Waals surface area contributed by atoms with Crippen molar-refractivity contribution in [2.75, 3.05) is 0 Å². The molecule has 0 radical (unpaired) electrons. The number of rotatable bonds is 14. The third-order valence-corrected chi connectivity index (χ3v) is 7.96. The Labute approximate surface area is 232 Å². The molecule has 0 aliphatic carbocycles. The highest BCUT2D eigenvalue weighted by molar-refractivity contribution is 7.11. The van der Waals surface area contributed by atoms with Crippen LogP contribution in [0, 0.1) is 0 Å². The van der Waals surface area contributed by atoms with Gasteiger partial charge in [0, 0.05) is 12.1 Å². The minimum Gasteiger partial charge on any atom is -0.208 e. The maximum absolute atomic E-state index is 2.34. The van der Waals surface area contributed by atoms with Crippen LogP contribution in [0.25, 0.3) is 0 Å². The van der Waals surface area contributed by atoms with E-state index in [1.165, 1.54) is 86.9 Å². The lowest BCUT2D eigenvalue weighted by molar-refractivity contribution is -0.671. The molecule has 0 saturated heterocycles. The van der Waals surface area contributed by atoms with Crippen molar-refractivity contribution in [3.8, 4) is 0 Å². The SMILES string of the molecule is CCCCCCCCCCCC[B-](c1ccccc1)(c1ccccc1)c1ccccc1.C[n+]1ccccc1. The molecule has 1 heterocycles. The van der Waals surface area contributed by atoms with Crippen LogP contribution in [0.1, 0.15) is 71.1 Å². The minimum absolute atomic E-state index is 0.950. The quantitative estimate of drug-likeness (QED) is 0.0944. The lowest BCUT2D eigenvalue weighted by Gasteiger charge is -2.43. The van der Waals surface area contributed by atoms with Gasteiger partial charge >= 0.3 is 0 Å². The van der Waals surface area contributed by atoms with Crippen LogP contribution in [0.5, 0.6) is 0 Å². The summed E-state index contributed by atoms with van der Waals surface area (Å²) in [5.41, 5.74) is 4.41. The fourth-order valence-corrected chi connectivity index (χ4v) is 5.84. The zero-order valence-corrected chi connectivity index (χ0v) is 23.8. The summed E-state index contributed by atoms with van der Waals surface area (Å²) in [6.45, 7) is 2.29. The lowest BCUT2D eigenvalue weighted by Crippen LogP contribution is -2.66. The zero-order chi connectivity index (χ0) is 26.7. The second-order valence-electron chi connectivity index (χ2n) is 10.8. The van der Waals surface area contributed by atoms with Crippen molar-refractivity contribution in [2.45, 2.75) is 77.5 Å². The van der Waals surface area contributed by atoms with Gasteiger partial charge < -0.3 is 0 Å². The van der Waals surface area contributed by atoms with Gasteiger partial charge in [0.15, 0.2) is 12.4 Å². The van der Waals surface area contributed by atoms with Crippen LogP contribution in [-0.4, -0.2) is 6.15 Å². The van der Waals surface area contributed by atoms with Crippen LogP contribution in [0.2, 0.25) is 6.32 Å². The Kier molecular flexibility index (Phi) is 13.5. The molecule has 1 aromatic heterocycles. The molecule has 0 aliphatic rings. The predicted octanol–water partition coefficient (Wildman–Crippen LogP) is 7.59. The van der Waals surface area contributed by atoms with Crippen LogP contribution in [-0.2, 0) is 7.05 Å². The molecule has 0 unspecified atom stereocenters. The van der Waals surface area contributed by atoms with Gasteiger partial charge in [-0.2, -0.15) is 22.7 Å². The van der Waals surface area contributed by atoms with E-state index < -0.39 is 6.15 Å². The van der Waals surface area contributed by atoms with Crippen LogP contribution >= 0.6 is 0 Å². The second-order valence-corrected chi connectivity index (χ2v) is 10.8. The van der Waals surface area contributed by atoms with Crippen molar-refractivity contribution < 1.29 is 4.57 Å². The first-order valence-corrected chi connectivity index (χ1v) is 15.0. The third kappa shape index (κ3) is 9.32. The number of hydrogen-bond donors (Lipinski definition) is 0. The van der Waals surface area contributed by atoms with Crippen LogP contribution in [0.15, 0.2) is 122 Å². The summed E-state index contributed by atoms with van der Waals surface area (Å²) in [5.74, 6) is 0. The molecule has 0 amide bonds. The van der Waals surface area contributed by atoms with E-state index in [9.17, 15) is 0 Å². The largest absolute Gasteiger partial charge is 0.208 e. The average Bonchev–Trinajstić information content (AvgIpc) is 2.98. The third-order valence-electron chi connectivity index (χ3n) is 7.96. The number of aryl methyl sites for hydroxylation is 1. The highest BCUT2D eigenvalue weighted by Gasteiger charge is 2.29. The van der Waals surface area contributed by atoms with Crippen molar-refractivity contribution in [3.63, 3.8) is 0 Å². The molecule has 0 atom stereocenters. The summed E-state index contributed by atoms with van der Waals surface area (Å²) in [6.07, 6.45) is 18.1. The first-order chi connectivity index (χ1) is 18.8. The van der Waals surface area contributed by atoms with Crippen LogP contribution in [0.4, 0.5) is 0 Å². The molecule has 1 nitrogen and oxygen atoms in total. The van der Waals surface area contributed by atoms with Crippen molar-refractivity contribution in [2.24, 2.45) is 7.05 Å². The maximum atomic E-state index is 2.34. The van der Waals surface area contributed by atoms with Crippen LogP contribution < -0.4 is 21.0 Å². The van der Waals surface area contributed by atoms with Gasteiger partial charge in [-0.05, 0) is 0 Å². The molecule has 0 aliphatic heterocycles. The van der Waals surface area contributed by atoms with Gasteiger partial charge in [0.1, 0.15) is 7.05 Å². The Morgan fingerprint density at radius 3 is 1.13 bits per heavy atom. The van der Waals surface area contributed by atoms with Gasteiger partial charge in [-0.25, -0.2) is 4.57 Å². The monoisotopic (exact) mass is 505 g/mol. The Balaban J connectivity index is 0.000000494. The number of nitrogens with zero attached hydrogens (tertiary/aromatic N) is 1. The van der Waals surface area contributed by atoms with Gasteiger partial charge in [0.2, 0.25) is 0 Å². The molecule has 0 bridgehead atoms. The second kappa shape index (κ2) is 17.4. The molecule has 0 spiro atoms. The van der Waals surface area contributed by atoms with E-state index in [4.69, 9.17) is 0 Å². The Morgan fingerprint density at radius 2 is 0.789 bits per heavy atom. The molecular weight excluding hydrogens is 457 g/mol. The summed E-state index contributed by atoms with van der Waals surface area (Å²) < 4.78 is 2.00. The molecule has 0 N–H and O–H groups in total. The lowest BCUT2D eigenvalue weighted by atomic mass is 9.14. The summed E-state index contributed by atoms with van der Waals surface area (Å²) in [7, 11) is 2.00. The highest BCUT2D eigenvalue weighted by atomic mass is 14.9. The van der Waals surface area contributed by atoms with Gasteiger partial charge in [-0.15, -0.1) is 0 Å². The van der Waals surface area contributed by atoms with Gasteiger partial charge in [-0.1, -0.05) is 168 Å². The molecule has 0 fully saturated rings. The normalized spacial score (nSPS) is 11.0. The van der Waals surface area contributed by atoms with Crippen molar-refractivity contribution >= 4 is 22.5 Å². The number of unbranched alkanes of at least 4 members (excludes halogenated alkanes) is 9. The highest BCUT2D eigenvalue weighted by Crippen LogP contribution is 2.19. The Morgan fingerprint density at radius 1 is 0.447 bits per heavy atom. The van der Waals surface area contributed by atoms with E-state index >= 15 is 0 Å². The van der Waals surface area contributed by atoms with E-state index in [-0.39, 0.29) is 0 Å². The van der Waals surface area contributed by atoms with E-state index in [1.54, 1.807) is 0 Å². The summed E-state index contributed by atoms with van der Waals surface area (Å²) in [4.78, 5) is 0. The first-order valence-electron chi connectivity index (χ1n) is 15.0. The Hall–Kier alpha value is -3.13. The van der Waals surface area contributed by atoms with Gasteiger partial charge in [0.05, 0.1) is 6.15 Å². The summed E-state index contributed by atoms with van der Waals surface area (Å²) in [6, 6.07) is 39.7. The molecule has 0 saturated carbocycles. The number of benzene rings is 3. The smallest absolute Gasteiger partial charge is 0.168 e.